The van der Waals surface area contributed by atoms with Crippen LogP contribution in [0.3, 0.4) is 0 Å². The molecular weight excluding hydrogens is 386 g/mol. The number of hydrogen-bond donors (Lipinski definition) is 2. The van der Waals surface area contributed by atoms with Gasteiger partial charge in [0, 0.05) is 35.2 Å². The van der Waals surface area contributed by atoms with E-state index in [1.54, 1.807) is 6.21 Å². The molecule has 3 aromatic rings. The van der Waals surface area contributed by atoms with Crippen molar-refractivity contribution >= 4 is 23.0 Å². The van der Waals surface area contributed by atoms with Crippen molar-refractivity contribution in [2.75, 3.05) is 6.54 Å². The molecule has 1 fully saturated rings. The van der Waals surface area contributed by atoms with Crippen molar-refractivity contribution in [1.82, 2.24) is 15.3 Å². The zero-order chi connectivity index (χ0) is 21.5. The van der Waals surface area contributed by atoms with Gasteiger partial charge in [-0.15, -0.1) is 0 Å². The summed E-state index contributed by atoms with van der Waals surface area (Å²) in [5, 5.41) is 17.9. The molecule has 1 amide bonds. The van der Waals surface area contributed by atoms with Gasteiger partial charge < -0.3 is 9.88 Å². The third kappa shape index (κ3) is 5.19. The molecule has 1 heterocycles. The van der Waals surface area contributed by atoms with E-state index in [4.69, 9.17) is 0 Å². The Morgan fingerprint density at radius 1 is 1.13 bits per heavy atom. The third-order valence-corrected chi connectivity index (χ3v) is 5.85. The summed E-state index contributed by atoms with van der Waals surface area (Å²) in [6.07, 6.45) is 9.75. The molecule has 2 N–H and O–H groups in total. The molecule has 4 rings (SSSR count). The van der Waals surface area contributed by atoms with Gasteiger partial charge in [-0.2, -0.15) is 10.4 Å². The van der Waals surface area contributed by atoms with E-state index in [2.05, 4.69) is 26.5 Å². The Hall–Kier alpha value is -3.43. The molecule has 0 saturated heterocycles. The molecule has 158 valence electrons. The Kier molecular flexibility index (Phi) is 6.75. The predicted octanol–water partition coefficient (Wildman–Crippen LogP) is 3.93. The lowest BCUT2D eigenvalue weighted by atomic mass is 9.95. The molecule has 6 heteroatoms. The van der Waals surface area contributed by atoms with Gasteiger partial charge in [-0.05, 0) is 30.5 Å². The normalized spacial score (nSPS) is 14.7. The molecule has 1 saturated carbocycles. The summed E-state index contributed by atoms with van der Waals surface area (Å²) in [5.41, 5.74) is 6.25. The van der Waals surface area contributed by atoms with Crippen LogP contribution in [-0.2, 0) is 11.3 Å². The maximum atomic E-state index is 12.1. The Bertz CT molecular complexity index is 1120. The number of carbonyl (C=O) groups is 1. The van der Waals surface area contributed by atoms with Crippen LogP contribution in [0, 0.1) is 11.3 Å². The fourth-order valence-corrected chi connectivity index (χ4v) is 4.22. The molecule has 0 radical (unpaired) electrons. The van der Waals surface area contributed by atoms with Crippen molar-refractivity contribution in [3.05, 3.63) is 71.4 Å². The highest BCUT2D eigenvalue weighted by molar-refractivity contribution is 5.99. The van der Waals surface area contributed by atoms with E-state index >= 15 is 0 Å². The first-order valence-electron chi connectivity index (χ1n) is 10.9. The molecule has 31 heavy (non-hydrogen) atoms. The molecule has 0 atom stereocenters. The van der Waals surface area contributed by atoms with Crippen LogP contribution in [0.25, 0.3) is 10.9 Å². The molecule has 2 aromatic carbocycles. The van der Waals surface area contributed by atoms with Gasteiger partial charge in [0.15, 0.2) is 0 Å². The van der Waals surface area contributed by atoms with Crippen molar-refractivity contribution in [2.24, 2.45) is 5.10 Å². The number of benzene rings is 2. The van der Waals surface area contributed by atoms with Crippen LogP contribution >= 0.6 is 0 Å². The van der Waals surface area contributed by atoms with E-state index in [-0.39, 0.29) is 12.5 Å². The molecule has 0 bridgehead atoms. The van der Waals surface area contributed by atoms with Crippen LogP contribution in [-0.4, -0.2) is 29.3 Å². The van der Waals surface area contributed by atoms with Crippen LogP contribution in [0.4, 0.5) is 0 Å². The fraction of sp³-hybridized carbons (Fsp3) is 0.320. The fourth-order valence-electron chi connectivity index (χ4n) is 4.22. The molecule has 6 nitrogen and oxygen atoms in total. The first kappa shape index (κ1) is 20.8. The van der Waals surface area contributed by atoms with Gasteiger partial charge in [0.2, 0.25) is 0 Å². The Labute approximate surface area is 182 Å². The second-order valence-electron chi connectivity index (χ2n) is 8.01. The molecule has 0 unspecified atom stereocenters. The number of hydrazone groups is 1. The number of aromatic nitrogens is 1. The average Bonchev–Trinajstić information content (AvgIpc) is 3.16. The number of carbonyl (C=O) groups excluding carboxylic acids is 1. The first-order valence-corrected chi connectivity index (χ1v) is 10.9. The minimum absolute atomic E-state index is 0.131. The van der Waals surface area contributed by atoms with Gasteiger partial charge in [0.25, 0.3) is 5.91 Å². The van der Waals surface area contributed by atoms with Crippen molar-refractivity contribution in [2.45, 2.75) is 44.7 Å². The number of hydrogen-bond acceptors (Lipinski definition) is 4. The van der Waals surface area contributed by atoms with Gasteiger partial charge in [0.05, 0.1) is 24.4 Å². The quantitative estimate of drug-likeness (QED) is 0.455. The number of rotatable bonds is 7. The highest BCUT2D eigenvalue weighted by Crippen LogP contribution is 2.22. The number of fused-ring (bicyclic) bond motifs is 1. The molecular formula is C25H27N5O. The summed E-state index contributed by atoms with van der Waals surface area (Å²) >= 11 is 0. The lowest BCUT2D eigenvalue weighted by molar-refractivity contribution is -0.120. The van der Waals surface area contributed by atoms with Crippen LogP contribution in [0.1, 0.15) is 48.8 Å². The summed E-state index contributed by atoms with van der Waals surface area (Å²) in [7, 11) is 0. The van der Waals surface area contributed by atoms with Crippen LogP contribution < -0.4 is 10.7 Å². The minimum atomic E-state index is -0.131. The lowest BCUT2D eigenvalue weighted by Crippen LogP contribution is -2.38. The van der Waals surface area contributed by atoms with Gasteiger partial charge >= 0.3 is 0 Å². The summed E-state index contributed by atoms with van der Waals surface area (Å²) in [5.74, 6) is -0.131. The van der Waals surface area contributed by atoms with Crippen molar-refractivity contribution in [3.63, 3.8) is 0 Å². The maximum absolute atomic E-state index is 12.1. The molecule has 0 aliphatic heterocycles. The number of para-hydroxylation sites is 1. The smallest absolute Gasteiger partial charge is 0.254 e. The van der Waals surface area contributed by atoms with Crippen LogP contribution in [0.2, 0.25) is 0 Å². The molecule has 1 aromatic heterocycles. The molecule has 1 aliphatic carbocycles. The summed E-state index contributed by atoms with van der Waals surface area (Å²) in [6, 6.07) is 18.4. The van der Waals surface area contributed by atoms with E-state index in [0.717, 1.165) is 34.9 Å². The van der Waals surface area contributed by atoms with Crippen molar-refractivity contribution in [3.8, 4) is 6.07 Å². The second kappa shape index (κ2) is 10.1. The predicted molar refractivity (Wildman–Crippen MR) is 123 cm³/mol. The number of nitrogens with one attached hydrogen (secondary N) is 2. The van der Waals surface area contributed by atoms with E-state index in [1.807, 2.05) is 54.7 Å². The zero-order valence-corrected chi connectivity index (χ0v) is 17.6. The van der Waals surface area contributed by atoms with E-state index in [9.17, 15) is 10.1 Å². The minimum Gasteiger partial charge on any atom is -0.342 e. The SMILES string of the molecule is N#Cc1ccccc1Cn1cc(/C=N\NC(=O)CNC2CCCCC2)c2ccccc21. The van der Waals surface area contributed by atoms with Gasteiger partial charge in [-0.1, -0.05) is 55.7 Å². The number of nitriles is 1. The maximum Gasteiger partial charge on any atom is 0.254 e. The first-order chi connectivity index (χ1) is 15.2. The second-order valence-corrected chi connectivity index (χ2v) is 8.01. The van der Waals surface area contributed by atoms with Gasteiger partial charge in [0.1, 0.15) is 0 Å². The number of nitrogens with zero attached hydrogens (tertiary/aromatic N) is 3. The van der Waals surface area contributed by atoms with Crippen LogP contribution in [0.15, 0.2) is 59.8 Å². The Morgan fingerprint density at radius 3 is 2.74 bits per heavy atom. The summed E-state index contributed by atoms with van der Waals surface area (Å²) < 4.78 is 2.11. The Balaban J connectivity index is 1.44. The van der Waals surface area contributed by atoms with E-state index in [1.165, 1.54) is 19.3 Å². The Morgan fingerprint density at radius 2 is 1.90 bits per heavy atom. The van der Waals surface area contributed by atoms with Crippen molar-refractivity contribution < 1.29 is 4.79 Å². The zero-order valence-electron chi connectivity index (χ0n) is 17.6. The van der Waals surface area contributed by atoms with Crippen LogP contribution in [0.5, 0.6) is 0 Å². The number of amides is 1. The van der Waals surface area contributed by atoms with E-state index < -0.39 is 0 Å². The average molecular weight is 414 g/mol. The standard InChI is InChI=1S/C25H27N5O/c26-14-19-8-4-5-9-20(19)17-30-18-21(23-12-6-7-13-24(23)30)15-28-29-25(31)16-27-22-10-2-1-3-11-22/h4-9,12-13,15,18,22,27H,1-3,10-11,16-17H2,(H,29,31)/b28-15-. The van der Waals surface area contributed by atoms with Crippen molar-refractivity contribution in [1.29, 1.82) is 5.26 Å². The van der Waals surface area contributed by atoms with Gasteiger partial charge in [-0.25, -0.2) is 5.43 Å². The molecule has 0 spiro atoms. The summed E-state index contributed by atoms with van der Waals surface area (Å²) in [4.78, 5) is 12.1. The third-order valence-electron chi connectivity index (χ3n) is 5.85. The topological polar surface area (TPSA) is 82.2 Å². The van der Waals surface area contributed by atoms with E-state index in [0.29, 0.717) is 18.2 Å². The largest absolute Gasteiger partial charge is 0.342 e. The monoisotopic (exact) mass is 413 g/mol. The summed E-state index contributed by atoms with van der Waals surface area (Å²) in [6.45, 7) is 0.879. The van der Waals surface area contributed by atoms with Gasteiger partial charge in [-0.3, -0.25) is 4.79 Å². The lowest BCUT2D eigenvalue weighted by Gasteiger charge is -2.22. The highest BCUT2D eigenvalue weighted by atomic mass is 16.2. The molecule has 1 aliphatic rings. The highest BCUT2D eigenvalue weighted by Gasteiger charge is 2.14.